The average molecular weight is 320 g/mol. The predicted octanol–water partition coefficient (Wildman–Crippen LogP) is 1.96. The molecule has 3 heterocycles. The van der Waals surface area contributed by atoms with Gasteiger partial charge in [0.1, 0.15) is 4.21 Å². The van der Waals surface area contributed by atoms with Gasteiger partial charge in [0.25, 0.3) is 10.0 Å². The number of halogens is 1. The number of aromatic nitrogens is 2. The van der Waals surface area contributed by atoms with Gasteiger partial charge in [-0.1, -0.05) is 16.8 Å². The summed E-state index contributed by atoms with van der Waals surface area (Å²) in [6.45, 7) is 0.828. The van der Waals surface area contributed by atoms with Gasteiger partial charge in [-0.05, 0) is 18.6 Å². The fourth-order valence-electron chi connectivity index (χ4n) is 2.08. The van der Waals surface area contributed by atoms with Crippen molar-refractivity contribution in [2.75, 3.05) is 13.1 Å². The molecule has 0 amide bonds. The Morgan fingerprint density at radius 3 is 2.95 bits per heavy atom. The molecule has 0 radical (unpaired) electrons. The predicted molar refractivity (Wildman–Crippen MR) is 69.7 cm³/mol. The van der Waals surface area contributed by atoms with Gasteiger partial charge in [-0.15, -0.1) is 11.3 Å². The number of nitrogens with zero attached hydrogens (tertiary/aromatic N) is 3. The molecular formula is C10H10ClN3O3S2. The van der Waals surface area contributed by atoms with Gasteiger partial charge in [-0.3, -0.25) is 0 Å². The molecule has 1 atom stereocenters. The quantitative estimate of drug-likeness (QED) is 0.864. The Morgan fingerprint density at radius 2 is 2.32 bits per heavy atom. The van der Waals surface area contributed by atoms with Crippen LogP contribution in [0.3, 0.4) is 0 Å². The highest BCUT2D eigenvalue weighted by molar-refractivity contribution is 7.91. The van der Waals surface area contributed by atoms with Crippen LogP contribution in [0.1, 0.15) is 18.2 Å². The molecule has 1 saturated heterocycles. The van der Waals surface area contributed by atoms with Crippen molar-refractivity contribution in [3.8, 4) is 0 Å². The second-order valence-electron chi connectivity index (χ2n) is 4.20. The Balaban J connectivity index is 1.81. The summed E-state index contributed by atoms with van der Waals surface area (Å²) in [4.78, 5) is 3.97. The first-order valence-corrected chi connectivity index (χ1v) is 8.22. The van der Waals surface area contributed by atoms with Crippen LogP contribution < -0.4 is 0 Å². The molecule has 102 valence electrons. The Kier molecular flexibility index (Phi) is 3.34. The maximum Gasteiger partial charge on any atom is 0.252 e. The summed E-state index contributed by atoms with van der Waals surface area (Å²) in [6.07, 6.45) is 1.95. The number of rotatable bonds is 3. The van der Waals surface area contributed by atoms with Gasteiger partial charge >= 0.3 is 0 Å². The van der Waals surface area contributed by atoms with Crippen LogP contribution in [-0.4, -0.2) is 36.0 Å². The van der Waals surface area contributed by atoms with E-state index >= 15 is 0 Å². The van der Waals surface area contributed by atoms with Crippen LogP contribution in [0, 0.1) is 0 Å². The molecule has 2 aromatic heterocycles. The summed E-state index contributed by atoms with van der Waals surface area (Å²) >= 11 is 6.85. The highest BCUT2D eigenvalue weighted by atomic mass is 35.5. The van der Waals surface area contributed by atoms with Crippen LogP contribution in [0.5, 0.6) is 0 Å². The Morgan fingerprint density at radius 1 is 1.47 bits per heavy atom. The van der Waals surface area contributed by atoms with E-state index in [0.29, 0.717) is 29.7 Å². The highest BCUT2D eigenvalue weighted by Crippen LogP contribution is 2.33. The highest BCUT2D eigenvalue weighted by Gasteiger charge is 2.35. The summed E-state index contributed by atoms with van der Waals surface area (Å²) in [5.41, 5.74) is 0. The molecule has 0 aromatic carbocycles. The summed E-state index contributed by atoms with van der Waals surface area (Å²) in [5.74, 6) is 0.547. The molecule has 0 spiro atoms. The fraction of sp³-hybridized carbons (Fsp3) is 0.400. The van der Waals surface area contributed by atoms with Crippen LogP contribution in [0.15, 0.2) is 27.3 Å². The summed E-state index contributed by atoms with van der Waals surface area (Å²) in [6, 6.07) is 3.12. The van der Waals surface area contributed by atoms with Crippen molar-refractivity contribution in [1.82, 2.24) is 14.4 Å². The standard InChI is InChI=1S/C10H10ClN3O3S2/c11-8-1-2-9(18-8)19(15,16)14-4-3-7(5-14)10-12-6-17-13-10/h1-2,6-7H,3-5H2/t7-/m1/s1. The summed E-state index contributed by atoms with van der Waals surface area (Å²) in [5, 5.41) is 3.77. The molecule has 2 aromatic rings. The minimum absolute atomic E-state index is 0.0102. The summed E-state index contributed by atoms with van der Waals surface area (Å²) in [7, 11) is -3.46. The average Bonchev–Trinajstić information content (AvgIpc) is 3.10. The zero-order valence-corrected chi connectivity index (χ0v) is 12.1. The maximum atomic E-state index is 12.4. The van der Waals surface area contributed by atoms with Crippen LogP contribution in [-0.2, 0) is 10.0 Å². The van der Waals surface area contributed by atoms with E-state index in [1.54, 1.807) is 6.07 Å². The molecule has 19 heavy (non-hydrogen) atoms. The van der Waals surface area contributed by atoms with E-state index < -0.39 is 10.0 Å². The normalized spacial score (nSPS) is 21.0. The second kappa shape index (κ2) is 4.86. The molecule has 1 aliphatic heterocycles. The Labute approximate surface area is 119 Å². The van der Waals surface area contributed by atoms with Crippen LogP contribution >= 0.6 is 22.9 Å². The topological polar surface area (TPSA) is 76.3 Å². The van der Waals surface area contributed by atoms with Gasteiger partial charge in [0.15, 0.2) is 5.82 Å². The lowest BCUT2D eigenvalue weighted by atomic mass is 10.1. The van der Waals surface area contributed by atoms with E-state index in [2.05, 4.69) is 10.1 Å². The zero-order valence-electron chi connectivity index (χ0n) is 9.69. The van der Waals surface area contributed by atoms with Gasteiger partial charge in [-0.25, -0.2) is 8.42 Å². The molecule has 0 bridgehead atoms. The van der Waals surface area contributed by atoms with Crippen molar-refractivity contribution in [3.63, 3.8) is 0 Å². The molecule has 0 N–H and O–H groups in total. The van der Waals surface area contributed by atoms with E-state index in [9.17, 15) is 8.42 Å². The van der Waals surface area contributed by atoms with Crippen LogP contribution in [0.2, 0.25) is 4.34 Å². The Bertz CT molecular complexity index is 668. The first kappa shape index (κ1) is 13.0. The van der Waals surface area contributed by atoms with E-state index in [1.807, 2.05) is 0 Å². The molecule has 6 nitrogen and oxygen atoms in total. The van der Waals surface area contributed by atoms with Gasteiger partial charge in [-0.2, -0.15) is 9.29 Å². The van der Waals surface area contributed by atoms with Crippen molar-refractivity contribution in [2.45, 2.75) is 16.5 Å². The minimum Gasteiger partial charge on any atom is -0.343 e. The lowest BCUT2D eigenvalue weighted by molar-refractivity contribution is 0.403. The molecule has 9 heteroatoms. The zero-order chi connectivity index (χ0) is 13.5. The van der Waals surface area contributed by atoms with Gasteiger partial charge in [0, 0.05) is 19.0 Å². The third kappa shape index (κ3) is 2.40. The third-order valence-electron chi connectivity index (χ3n) is 3.04. The van der Waals surface area contributed by atoms with E-state index in [4.69, 9.17) is 16.1 Å². The molecular weight excluding hydrogens is 310 g/mol. The second-order valence-corrected chi connectivity index (χ2v) is 8.08. The van der Waals surface area contributed by atoms with Gasteiger partial charge in [0.05, 0.1) is 4.34 Å². The number of hydrogen-bond donors (Lipinski definition) is 0. The maximum absolute atomic E-state index is 12.4. The van der Waals surface area contributed by atoms with Crippen molar-refractivity contribution in [1.29, 1.82) is 0 Å². The van der Waals surface area contributed by atoms with Crippen LogP contribution in [0.4, 0.5) is 0 Å². The van der Waals surface area contributed by atoms with E-state index in [1.165, 1.54) is 16.8 Å². The molecule has 0 aliphatic carbocycles. The monoisotopic (exact) mass is 319 g/mol. The van der Waals surface area contributed by atoms with Crippen LogP contribution in [0.25, 0.3) is 0 Å². The Hall–Kier alpha value is -0.960. The van der Waals surface area contributed by atoms with E-state index in [0.717, 1.165) is 11.3 Å². The smallest absolute Gasteiger partial charge is 0.252 e. The van der Waals surface area contributed by atoms with Crippen molar-refractivity contribution in [3.05, 3.63) is 28.7 Å². The first-order valence-electron chi connectivity index (χ1n) is 5.59. The lowest BCUT2D eigenvalue weighted by Crippen LogP contribution is -2.28. The van der Waals surface area contributed by atoms with Gasteiger partial charge in [0.2, 0.25) is 6.39 Å². The van der Waals surface area contributed by atoms with Gasteiger partial charge < -0.3 is 4.52 Å². The van der Waals surface area contributed by atoms with Crippen molar-refractivity contribution >= 4 is 33.0 Å². The number of hydrogen-bond acceptors (Lipinski definition) is 6. The van der Waals surface area contributed by atoms with E-state index in [-0.39, 0.29) is 10.1 Å². The third-order valence-corrected chi connectivity index (χ3v) is 6.60. The lowest BCUT2D eigenvalue weighted by Gasteiger charge is -2.14. The molecule has 1 fully saturated rings. The molecule has 1 aliphatic rings. The first-order chi connectivity index (χ1) is 9.07. The number of sulfonamides is 1. The fourth-order valence-corrected chi connectivity index (χ4v) is 5.22. The largest absolute Gasteiger partial charge is 0.343 e. The molecule has 0 saturated carbocycles. The minimum atomic E-state index is -3.46. The summed E-state index contributed by atoms with van der Waals surface area (Å²) < 4.78 is 31.6. The SMILES string of the molecule is O=S(=O)(c1ccc(Cl)s1)N1CC[C@@H](c2ncon2)C1. The van der Waals surface area contributed by atoms with Crippen molar-refractivity contribution in [2.24, 2.45) is 0 Å². The van der Waals surface area contributed by atoms with Crippen molar-refractivity contribution < 1.29 is 12.9 Å². The number of thiophene rings is 1. The molecule has 0 unspecified atom stereocenters. The molecule has 3 rings (SSSR count).